The molecule has 14 heavy (non-hydrogen) atoms. The molecule has 0 aliphatic heterocycles. The molecule has 0 aliphatic carbocycles. The van der Waals surface area contributed by atoms with Crippen molar-refractivity contribution in [1.29, 1.82) is 0 Å². The number of nitrogens with zero attached hydrogens (tertiary/aromatic N) is 3. The van der Waals surface area contributed by atoms with Gasteiger partial charge in [-0.2, -0.15) is 4.98 Å². The van der Waals surface area contributed by atoms with Crippen LogP contribution in [0.25, 0.3) is 11.4 Å². The summed E-state index contributed by atoms with van der Waals surface area (Å²) in [5.74, 6) is 0.808. The van der Waals surface area contributed by atoms with Crippen LogP contribution < -0.4 is 4.74 Å². The van der Waals surface area contributed by atoms with Crippen LogP contribution in [0.2, 0.25) is 0 Å². The SMILES string of the molecule is COc1nc(-c2ccccc2)n(C)n1. The van der Waals surface area contributed by atoms with Crippen molar-refractivity contribution in [1.82, 2.24) is 14.8 Å². The van der Waals surface area contributed by atoms with Crippen molar-refractivity contribution in [3.63, 3.8) is 0 Å². The first-order chi connectivity index (χ1) is 6.81. The van der Waals surface area contributed by atoms with Gasteiger partial charge in [0, 0.05) is 12.6 Å². The lowest BCUT2D eigenvalue weighted by Crippen LogP contribution is -1.94. The Morgan fingerprint density at radius 1 is 1.21 bits per heavy atom. The number of methoxy groups -OCH3 is 1. The molecule has 4 heteroatoms. The van der Waals surface area contributed by atoms with Crippen LogP contribution in [0.1, 0.15) is 0 Å². The van der Waals surface area contributed by atoms with Crippen LogP contribution in [0.15, 0.2) is 30.3 Å². The molecule has 1 heterocycles. The zero-order valence-electron chi connectivity index (χ0n) is 8.14. The number of benzene rings is 1. The van der Waals surface area contributed by atoms with Crippen LogP contribution in [-0.4, -0.2) is 21.9 Å². The van der Waals surface area contributed by atoms with Gasteiger partial charge < -0.3 is 4.74 Å². The smallest absolute Gasteiger partial charge is 0.335 e. The highest BCUT2D eigenvalue weighted by molar-refractivity contribution is 5.54. The molecule has 0 aliphatic rings. The van der Waals surface area contributed by atoms with E-state index in [2.05, 4.69) is 10.1 Å². The highest BCUT2D eigenvalue weighted by Gasteiger charge is 2.08. The number of aromatic nitrogens is 3. The summed E-state index contributed by atoms with van der Waals surface area (Å²) in [6.07, 6.45) is 0. The lowest BCUT2D eigenvalue weighted by Gasteiger charge is -1.97. The molecule has 0 saturated heterocycles. The fraction of sp³-hybridized carbons (Fsp3) is 0.200. The van der Waals surface area contributed by atoms with Crippen molar-refractivity contribution in [2.75, 3.05) is 7.11 Å². The van der Waals surface area contributed by atoms with Crippen LogP contribution in [0.4, 0.5) is 0 Å². The molecular weight excluding hydrogens is 178 g/mol. The molecule has 0 unspecified atom stereocenters. The first-order valence-electron chi connectivity index (χ1n) is 4.31. The normalized spacial score (nSPS) is 10.1. The van der Waals surface area contributed by atoms with Gasteiger partial charge in [-0.25, -0.2) is 4.68 Å². The van der Waals surface area contributed by atoms with Gasteiger partial charge in [0.15, 0.2) is 5.82 Å². The fourth-order valence-electron chi connectivity index (χ4n) is 1.29. The summed E-state index contributed by atoms with van der Waals surface area (Å²) in [6, 6.07) is 10.3. The van der Waals surface area contributed by atoms with E-state index in [1.807, 2.05) is 37.4 Å². The summed E-state index contributed by atoms with van der Waals surface area (Å²) >= 11 is 0. The van der Waals surface area contributed by atoms with E-state index in [4.69, 9.17) is 4.74 Å². The molecule has 0 atom stereocenters. The molecular formula is C10H11N3O. The van der Waals surface area contributed by atoms with E-state index in [9.17, 15) is 0 Å². The molecule has 0 fully saturated rings. The molecule has 72 valence electrons. The van der Waals surface area contributed by atoms with E-state index in [-0.39, 0.29) is 0 Å². The molecule has 0 N–H and O–H groups in total. The van der Waals surface area contributed by atoms with Crippen LogP contribution in [0.5, 0.6) is 6.01 Å². The van der Waals surface area contributed by atoms with E-state index in [0.717, 1.165) is 11.4 Å². The average Bonchev–Trinajstić information content (AvgIpc) is 2.61. The maximum absolute atomic E-state index is 4.95. The summed E-state index contributed by atoms with van der Waals surface area (Å²) in [5.41, 5.74) is 1.03. The van der Waals surface area contributed by atoms with Gasteiger partial charge >= 0.3 is 6.01 Å². The van der Waals surface area contributed by atoms with Gasteiger partial charge in [-0.3, -0.25) is 0 Å². The van der Waals surface area contributed by atoms with E-state index < -0.39 is 0 Å². The molecule has 0 amide bonds. The predicted molar refractivity (Wildman–Crippen MR) is 53.0 cm³/mol. The van der Waals surface area contributed by atoms with Crippen LogP contribution in [0.3, 0.4) is 0 Å². The lowest BCUT2D eigenvalue weighted by molar-refractivity contribution is 0.378. The fourth-order valence-corrected chi connectivity index (χ4v) is 1.29. The summed E-state index contributed by atoms with van der Waals surface area (Å²) in [4.78, 5) is 4.23. The van der Waals surface area contributed by atoms with E-state index >= 15 is 0 Å². The van der Waals surface area contributed by atoms with Crippen molar-refractivity contribution >= 4 is 0 Å². The maximum atomic E-state index is 4.95. The Morgan fingerprint density at radius 2 is 1.93 bits per heavy atom. The van der Waals surface area contributed by atoms with Crippen molar-refractivity contribution in [3.05, 3.63) is 30.3 Å². The molecule has 4 nitrogen and oxygen atoms in total. The zero-order valence-corrected chi connectivity index (χ0v) is 8.14. The van der Waals surface area contributed by atoms with Gasteiger partial charge in [0.2, 0.25) is 0 Å². The monoisotopic (exact) mass is 189 g/mol. The minimum absolute atomic E-state index is 0.395. The van der Waals surface area contributed by atoms with Gasteiger partial charge in [-0.05, 0) is 0 Å². The topological polar surface area (TPSA) is 39.9 Å². The van der Waals surface area contributed by atoms with Gasteiger partial charge in [-0.1, -0.05) is 30.3 Å². The van der Waals surface area contributed by atoms with E-state index in [0.29, 0.717) is 6.01 Å². The standard InChI is InChI=1S/C10H11N3O/c1-13-9(11-10(12-13)14-2)8-6-4-3-5-7-8/h3-7H,1-2H3. The van der Waals surface area contributed by atoms with Crippen LogP contribution in [-0.2, 0) is 7.05 Å². The minimum Gasteiger partial charge on any atom is -0.466 e. The Bertz CT molecular complexity index is 422. The van der Waals surface area contributed by atoms with Gasteiger partial charge in [0.05, 0.1) is 7.11 Å². The Kier molecular flexibility index (Phi) is 2.18. The summed E-state index contributed by atoms with van der Waals surface area (Å²) in [5, 5.41) is 4.09. The van der Waals surface area contributed by atoms with Crippen LogP contribution in [0, 0.1) is 0 Å². The lowest BCUT2D eigenvalue weighted by atomic mass is 10.2. The first kappa shape index (κ1) is 8.74. The minimum atomic E-state index is 0.395. The van der Waals surface area contributed by atoms with Gasteiger partial charge in [0.1, 0.15) is 0 Å². The highest BCUT2D eigenvalue weighted by atomic mass is 16.5. The second-order valence-electron chi connectivity index (χ2n) is 2.91. The van der Waals surface area contributed by atoms with Crippen molar-refractivity contribution in [2.24, 2.45) is 7.05 Å². The Labute approximate surface area is 82.2 Å². The zero-order chi connectivity index (χ0) is 9.97. The third-order valence-corrected chi connectivity index (χ3v) is 1.96. The summed E-state index contributed by atoms with van der Waals surface area (Å²) < 4.78 is 6.66. The Hall–Kier alpha value is -1.84. The highest BCUT2D eigenvalue weighted by Crippen LogP contribution is 2.17. The second kappa shape index (κ2) is 3.49. The number of hydrogen-bond donors (Lipinski definition) is 0. The molecule has 0 bridgehead atoms. The summed E-state index contributed by atoms with van der Waals surface area (Å²) in [6.45, 7) is 0. The number of ether oxygens (including phenoxy) is 1. The molecule has 1 aromatic heterocycles. The van der Waals surface area contributed by atoms with Crippen LogP contribution >= 0.6 is 0 Å². The average molecular weight is 189 g/mol. The third kappa shape index (κ3) is 1.46. The largest absolute Gasteiger partial charge is 0.466 e. The molecule has 2 rings (SSSR count). The predicted octanol–water partition coefficient (Wildman–Crippen LogP) is 1.49. The van der Waals surface area contributed by atoms with E-state index in [1.165, 1.54) is 0 Å². The Morgan fingerprint density at radius 3 is 2.50 bits per heavy atom. The van der Waals surface area contributed by atoms with Crippen molar-refractivity contribution in [2.45, 2.75) is 0 Å². The van der Waals surface area contributed by atoms with Crippen molar-refractivity contribution < 1.29 is 4.74 Å². The molecule has 2 aromatic rings. The number of rotatable bonds is 2. The number of aryl methyl sites for hydroxylation is 1. The molecule has 1 aromatic carbocycles. The summed E-state index contributed by atoms with van der Waals surface area (Å²) in [7, 11) is 3.40. The van der Waals surface area contributed by atoms with Gasteiger partial charge in [-0.15, -0.1) is 5.10 Å². The molecule has 0 spiro atoms. The third-order valence-electron chi connectivity index (χ3n) is 1.96. The first-order valence-corrected chi connectivity index (χ1v) is 4.31. The van der Waals surface area contributed by atoms with Gasteiger partial charge in [0.25, 0.3) is 0 Å². The second-order valence-corrected chi connectivity index (χ2v) is 2.91. The van der Waals surface area contributed by atoms with Crippen molar-refractivity contribution in [3.8, 4) is 17.4 Å². The molecule has 0 saturated carbocycles. The maximum Gasteiger partial charge on any atom is 0.335 e. The van der Waals surface area contributed by atoms with E-state index in [1.54, 1.807) is 11.8 Å². The Balaban J connectivity index is 2.46. The number of hydrogen-bond acceptors (Lipinski definition) is 3. The molecule has 0 radical (unpaired) electrons. The quantitative estimate of drug-likeness (QED) is 0.718.